The van der Waals surface area contributed by atoms with Crippen molar-refractivity contribution in [1.82, 2.24) is 10.3 Å². The quantitative estimate of drug-likeness (QED) is 0.745. The third-order valence-corrected chi connectivity index (χ3v) is 3.45. The van der Waals surface area contributed by atoms with Crippen LogP contribution in [0, 0.1) is 5.41 Å². The smallest absolute Gasteiger partial charge is 0.0270 e. The van der Waals surface area contributed by atoms with E-state index in [-0.39, 0.29) is 0 Å². The zero-order chi connectivity index (χ0) is 10.6. The Morgan fingerprint density at radius 1 is 1.33 bits per heavy atom. The zero-order valence-electron chi connectivity index (χ0n) is 9.50. The van der Waals surface area contributed by atoms with Crippen LogP contribution in [0.2, 0.25) is 0 Å². The Balaban J connectivity index is 1.63. The van der Waals surface area contributed by atoms with Crippen molar-refractivity contribution in [3.63, 3.8) is 0 Å². The number of nitrogens with zero attached hydrogens (tertiary/aromatic N) is 1. The highest BCUT2D eigenvalue weighted by Crippen LogP contribution is 2.39. The molecule has 1 aromatic heterocycles. The molecule has 0 aliphatic heterocycles. The van der Waals surface area contributed by atoms with Crippen LogP contribution in [0.5, 0.6) is 0 Å². The van der Waals surface area contributed by atoms with E-state index in [9.17, 15) is 0 Å². The maximum absolute atomic E-state index is 4.01. The molecule has 1 saturated carbocycles. The molecule has 0 spiro atoms. The van der Waals surface area contributed by atoms with E-state index in [4.69, 9.17) is 0 Å². The number of pyridine rings is 1. The zero-order valence-corrected chi connectivity index (χ0v) is 9.50. The molecule has 0 aromatic carbocycles. The lowest BCUT2D eigenvalue weighted by Crippen LogP contribution is -2.37. The van der Waals surface area contributed by atoms with E-state index in [2.05, 4.69) is 29.4 Å². The number of aromatic nitrogens is 1. The maximum Gasteiger partial charge on any atom is 0.0270 e. The second-order valence-electron chi connectivity index (χ2n) is 4.95. The van der Waals surface area contributed by atoms with Crippen LogP contribution in [0.3, 0.4) is 0 Å². The number of rotatable bonds is 5. The predicted molar refractivity (Wildman–Crippen MR) is 62.8 cm³/mol. The second-order valence-corrected chi connectivity index (χ2v) is 4.95. The van der Waals surface area contributed by atoms with Crippen molar-refractivity contribution in [2.75, 3.05) is 13.1 Å². The van der Waals surface area contributed by atoms with Gasteiger partial charge in [-0.3, -0.25) is 4.98 Å². The molecule has 2 rings (SSSR count). The largest absolute Gasteiger partial charge is 0.316 e. The molecule has 2 nitrogen and oxygen atoms in total. The van der Waals surface area contributed by atoms with Gasteiger partial charge in [0.2, 0.25) is 0 Å². The van der Waals surface area contributed by atoms with Gasteiger partial charge in [0.15, 0.2) is 0 Å². The second kappa shape index (κ2) is 4.75. The van der Waals surface area contributed by atoms with Crippen molar-refractivity contribution in [2.45, 2.75) is 32.6 Å². The molecule has 0 atom stereocenters. The van der Waals surface area contributed by atoms with Gasteiger partial charge < -0.3 is 5.32 Å². The summed E-state index contributed by atoms with van der Waals surface area (Å²) in [7, 11) is 0. The topological polar surface area (TPSA) is 24.9 Å². The van der Waals surface area contributed by atoms with E-state index in [0.717, 1.165) is 13.0 Å². The predicted octanol–water partition coefficient (Wildman–Crippen LogP) is 2.40. The monoisotopic (exact) mass is 204 g/mol. The Kier molecular flexibility index (Phi) is 3.37. The Morgan fingerprint density at radius 2 is 2.07 bits per heavy atom. The molecule has 2 heteroatoms. The summed E-state index contributed by atoms with van der Waals surface area (Å²) < 4.78 is 0. The van der Waals surface area contributed by atoms with Crippen molar-refractivity contribution in [3.05, 3.63) is 30.1 Å². The van der Waals surface area contributed by atoms with Crippen LogP contribution < -0.4 is 5.32 Å². The van der Waals surface area contributed by atoms with Crippen LogP contribution in [0.4, 0.5) is 0 Å². The van der Waals surface area contributed by atoms with Crippen molar-refractivity contribution >= 4 is 0 Å². The molecule has 0 bridgehead atoms. The molecular formula is C13H20N2. The molecule has 1 aliphatic carbocycles. The number of hydrogen-bond donors (Lipinski definition) is 1. The molecular weight excluding hydrogens is 184 g/mol. The lowest BCUT2D eigenvalue weighted by atomic mass is 9.70. The van der Waals surface area contributed by atoms with Crippen molar-refractivity contribution in [3.8, 4) is 0 Å². The fourth-order valence-corrected chi connectivity index (χ4v) is 2.13. The number of hydrogen-bond acceptors (Lipinski definition) is 2. The first kappa shape index (κ1) is 10.6. The van der Waals surface area contributed by atoms with Gasteiger partial charge in [-0.15, -0.1) is 0 Å². The van der Waals surface area contributed by atoms with Crippen molar-refractivity contribution in [2.24, 2.45) is 5.41 Å². The van der Waals surface area contributed by atoms with Crippen LogP contribution in [-0.4, -0.2) is 18.1 Å². The molecule has 1 heterocycles. The lowest BCUT2D eigenvalue weighted by Gasteiger charge is -2.38. The van der Waals surface area contributed by atoms with E-state index < -0.39 is 0 Å². The average molecular weight is 204 g/mol. The Hall–Kier alpha value is -0.890. The van der Waals surface area contributed by atoms with E-state index in [1.807, 2.05) is 12.4 Å². The molecule has 15 heavy (non-hydrogen) atoms. The summed E-state index contributed by atoms with van der Waals surface area (Å²) >= 11 is 0. The van der Waals surface area contributed by atoms with Crippen LogP contribution in [0.25, 0.3) is 0 Å². The van der Waals surface area contributed by atoms with Gasteiger partial charge in [-0.25, -0.2) is 0 Å². The van der Waals surface area contributed by atoms with E-state index in [1.165, 1.54) is 31.4 Å². The minimum absolute atomic E-state index is 0.595. The third kappa shape index (κ3) is 3.03. The summed E-state index contributed by atoms with van der Waals surface area (Å²) in [6, 6.07) is 4.18. The van der Waals surface area contributed by atoms with Gasteiger partial charge in [0, 0.05) is 18.9 Å². The van der Waals surface area contributed by atoms with Gasteiger partial charge in [-0.1, -0.05) is 13.3 Å². The first-order valence-electron chi connectivity index (χ1n) is 5.88. The average Bonchev–Trinajstić information content (AvgIpc) is 2.23. The van der Waals surface area contributed by atoms with Gasteiger partial charge in [0.05, 0.1) is 0 Å². The van der Waals surface area contributed by atoms with Gasteiger partial charge >= 0.3 is 0 Å². The summed E-state index contributed by atoms with van der Waals surface area (Å²) in [4.78, 5) is 4.01. The highest BCUT2D eigenvalue weighted by Gasteiger charge is 2.30. The molecule has 0 saturated heterocycles. The standard InChI is InChI=1S/C13H20N2/c1-13(6-2-7-13)11-15-10-5-12-3-8-14-9-4-12/h3-4,8-9,15H,2,5-7,10-11H2,1H3. The fourth-order valence-electron chi connectivity index (χ4n) is 2.13. The molecule has 1 aromatic rings. The summed E-state index contributed by atoms with van der Waals surface area (Å²) in [6.45, 7) is 4.65. The van der Waals surface area contributed by atoms with Crippen LogP contribution >= 0.6 is 0 Å². The van der Waals surface area contributed by atoms with Gasteiger partial charge in [-0.2, -0.15) is 0 Å². The Labute approximate surface area is 92.1 Å². The molecule has 1 fully saturated rings. The summed E-state index contributed by atoms with van der Waals surface area (Å²) in [5, 5.41) is 3.56. The minimum atomic E-state index is 0.595. The summed E-state index contributed by atoms with van der Waals surface area (Å²) in [5.41, 5.74) is 1.97. The number of nitrogens with one attached hydrogen (secondary N) is 1. The van der Waals surface area contributed by atoms with Crippen molar-refractivity contribution in [1.29, 1.82) is 0 Å². The molecule has 82 valence electrons. The minimum Gasteiger partial charge on any atom is -0.316 e. The first-order chi connectivity index (χ1) is 7.29. The van der Waals surface area contributed by atoms with Crippen LogP contribution in [0.1, 0.15) is 31.7 Å². The Bertz CT molecular complexity index is 291. The van der Waals surface area contributed by atoms with Crippen LogP contribution in [-0.2, 0) is 6.42 Å². The third-order valence-electron chi connectivity index (χ3n) is 3.45. The normalized spacial score (nSPS) is 18.5. The fraction of sp³-hybridized carbons (Fsp3) is 0.615. The summed E-state index contributed by atoms with van der Waals surface area (Å²) in [6.07, 6.45) is 9.05. The molecule has 1 N–H and O–H groups in total. The van der Waals surface area contributed by atoms with E-state index in [1.54, 1.807) is 0 Å². The molecule has 0 radical (unpaired) electrons. The van der Waals surface area contributed by atoms with Gasteiger partial charge in [-0.05, 0) is 48.9 Å². The highest BCUT2D eigenvalue weighted by atomic mass is 14.9. The lowest BCUT2D eigenvalue weighted by molar-refractivity contribution is 0.157. The summed E-state index contributed by atoms with van der Waals surface area (Å²) in [5.74, 6) is 0. The van der Waals surface area contributed by atoms with Crippen molar-refractivity contribution < 1.29 is 0 Å². The van der Waals surface area contributed by atoms with E-state index >= 15 is 0 Å². The SMILES string of the molecule is CC1(CNCCc2ccncc2)CCC1. The maximum atomic E-state index is 4.01. The molecule has 0 unspecified atom stereocenters. The Morgan fingerprint density at radius 3 is 2.67 bits per heavy atom. The van der Waals surface area contributed by atoms with Gasteiger partial charge in [0.25, 0.3) is 0 Å². The molecule has 0 amide bonds. The molecule has 1 aliphatic rings. The van der Waals surface area contributed by atoms with E-state index in [0.29, 0.717) is 5.41 Å². The van der Waals surface area contributed by atoms with Gasteiger partial charge in [0.1, 0.15) is 0 Å². The van der Waals surface area contributed by atoms with Crippen LogP contribution in [0.15, 0.2) is 24.5 Å². The first-order valence-corrected chi connectivity index (χ1v) is 5.88. The highest BCUT2D eigenvalue weighted by molar-refractivity contribution is 5.09.